The Kier molecular flexibility index (Phi) is 2.87. The summed E-state index contributed by atoms with van der Waals surface area (Å²) in [5.74, 6) is 0. The molecule has 0 spiro atoms. The highest BCUT2D eigenvalue weighted by Gasteiger charge is 2.31. The van der Waals surface area contributed by atoms with Gasteiger partial charge >= 0.3 is 0 Å². The van der Waals surface area contributed by atoms with E-state index in [1.54, 1.807) is 10.9 Å². The second-order valence-corrected chi connectivity index (χ2v) is 5.25. The largest absolute Gasteiger partial charge is 0.382 e. The van der Waals surface area contributed by atoms with Crippen LogP contribution in [0.4, 0.5) is 0 Å². The topological polar surface area (TPSA) is 50.1 Å². The number of aryl methyl sites for hydroxylation is 1. The van der Waals surface area contributed by atoms with Gasteiger partial charge in [0.05, 0.1) is 16.4 Å². The van der Waals surface area contributed by atoms with Crippen molar-refractivity contribution in [2.75, 3.05) is 6.54 Å². The number of aliphatic hydroxyl groups is 1. The molecule has 1 unspecified atom stereocenters. The molecule has 84 valence electrons. The van der Waals surface area contributed by atoms with E-state index < -0.39 is 5.60 Å². The molecule has 0 bridgehead atoms. The third kappa shape index (κ3) is 2.41. The Morgan fingerprint density at radius 2 is 2.40 bits per heavy atom. The molecule has 1 aliphatic rings. The minimum atomic E-state index is -0.882. The number of nitrogens with one attached hydrogen (secondary N) is 1. The van der Waals surface area contributed by atoms with Crippen molar-refractivity contribution in [2.45, 2.75) is 31.4 Å². The minimum Gasteiger partial charge on any atom is -0.382 e. The Bertz CT molecular complexity index is 338. The standard InChI is InChI=1S/C10H16BrN3O/c1-10(15,6-12-7-3-4-7)9-8(11)5-13-14(9)2/h5,7,12,15H,3-4,6H2,1-2H3. The molecular weight excluding hydrogens is 258 g/mol. The SMILES string of the molecule is Cn1ncc(Br)c1C(C)(O)CNC1CC1. The smallest absolute Gasteiger partial charge is 0.117 e. The van der Waals surface area contributed by atoms with Gasteiger partial charge in [-0.3, -0.25) is 4.68 Å². The van der Waals surface area contributed by atoms with Crippen molar-refractivity contribution in [2.24, 2.45) is 7.05 Å². The molecule has 4 nitrogen and oxygen atoms in total. The van der Waals surface area contributed by atoms with Crippen LogP contribution in [0, 0.1) is 0 Å². The highest BCUT2D eigenvalue weighted by Crippen LogP contribution is 2.28. The molecule has 1 fully saturated rings. The van der Waals surface area contributed by atoms with Crippen molar-refractivity contribution in [3.8, 4) is 0 Å². The molecule has 1 aromatic heterocycles. The summed E-state index contributed by atoms with van der Waals surface area (Å²) in [6.45, 7) is 2.37. The summed E-state index contributed by atoms with van der Waals surface area (Å²) < 4.78 is 2.56. The summed E-state index contributed by atoms with van der Waals surface area (Å²) in [5, 5.41) is 17.8. The number of aromatic nitrogens is 2. The van der Waals surface area contributed by atoms with Crippen LogP contribution in [0.2, 0.25) is 0 Å². The molecule has 1 saturated carbocycles. The predicted molar refractivity (Wildman–Crippen MR) is 61.5 cm³/mol. The lowest BCUT2D eigenvalue weighted by Gasteiger charge is -2.24. The average molecular weight is 274 g/mol. The number of nitrogens with zero attached hydrogens (tertiary/aromatic N) is 2. The predicted octanol–water partition coefficient (Wildman–Crippen LogP) is 1.14. The summed E-state index contributed by atoms with van der Waals surface area (Å²) in [6, 6.07) is 0.600. The first-order valence-corrected chi connectivity index (χ1v) is 5.94. The quantitative estimate of drug-likeness (QED) is 0.865. The van der Waals surface area contributed by atoms with Crippen molar-refractivity contribution in [1.29, 1.82) is 0 Å². The van der Waals surface area contributed by atoms with Crippen LogP contribution < -0.4 is 5.32 Å². The van der Waals surface area contributed by atoms with E-state index in [0.717, 1.165) is 10.2 Å². The van der Waals surface area contributed by atoms with E-state index in [-0.39, 0.29) is 0 Å². The summed E-state index contributed by atoms with van der Waals surface area (Å²) in [5.41, 5.74) is -0.0669. The lowest BCUT2D eigenvalue weighted by molar-refractivity contribution is 0.0474. The number of halogens is 1. The normalized spacial score (nSPS) is 20.3. The Balaban J connectivity index is 2.11. The van der Waals surface area contributed by atoms with E-state index in [1.165, 1.54) is 12.8 Å². The van der Waals surface area contributed by atoms with Gasteiger partial charge in [-0.2, -0.15) is 5.10 Å². The number of hydrogen-bond donors (Lipinski definition) is 2. The van der Waals surface area contributed by atoms with Gasteiger partial charge in [-0.05, 0) is 35.7 Å². The maximum absolute atomic E-state index is 10.4. The fourth-order valence-electron chi connectivity index (χ4n) is 1.73. The van der Waals surface area contributed by atoms with Crippen molar-refractivity contribution in [1.82, 2.24) is 15.1 Å². The monoisotopic (exact) mass is 273 g/mol. The summed E-state index contributed by atoms with van der Waals surface area (Å²) >= 11 is 3.40. The first kappa shape index (κ1) is 11.1. The Hall–Kier alpha value is -0.390. The van der Waals surface area contributed by atoms with Gasteiger partial charge < -0.3 is 10.4 Å². The Morgan fingerprint density at radius 3 is 2.87 bits per heavy atom. The number of hydrogen-bond acceptors (Lipinski definition) is 3. The van der Waals surface area contributed by atoms with Gasteiger partial charge in [0.15, 0.2) is 0 Å². The van der Waals surface area contributed by atoms with E-state index in [2.05, 4.69) is 26.3 Å². The van der Waals surface area contributed by atoms with Crippen molar-refractivity contribution < 1.29 is 5.11 Å². The molecule has 0 aromatic carbocycles. The summed E-state index contributed by atoms with van der Waals surface area (Å²) in [7, 11) is 1.84. The van der Waals surface area contributed by atoms with Gasteiger partial charge in [0.2, 0.25) is 0 Å². The Morgan fingerprint density at radius 1 is 1.73 bits per heavy atom. The van der Waals surface area contributed by atoms with Crippen LogP contribution in [0.5, 0.6) is 0 Å². The first-order valence-electron chi connectivity index (χ1n) is 5.14. The molecule has 5 heteroatoms. The second kappa shape index (κ2) is 3.88. The average Bonchev–Trinajstić information content (AvgIpc) is 2.90. The highest BCUT2D eigenvalue weighted by molar-refractivity contribution is 9.10. The van der Waals surface area contributed by atoms with Gasteiger partial charge in [-0.25, -0.2) is 0 Å². The molecule has 1 aliphatic carbocycles. The Labute approximate surface area is 97.8 Å². The van der Waals surface area contributed by atoms with E-state index in [1.807, 2.05) is 14.0 Å². The summed E-state index contributed by atoms with van der Waals surface area (Å²) in [4.78, 5) is 0. The molecule has 2 rings (SSSR count). The number of rotatable bonds is 4. The summed E-state index contributed by atoms with van der Waals surface area (Å²) in [6.07, 6.45) is 4.16. The van der Waals surface area contributed by atoms with Crippen LogP contribution in [-0.4, -0.2) is 27.5 Å². The van der Waals surface area contributed by atoms with Crippen LogP contribution in [0.1, 0.15) is 25.5 Å². The molecule has 1 heterocycles. The molecule has 1 aromatic rings. The van der Waals surface area contributed by atoms with Crippen LogP contribution in [0.25, 0.3) is 0 Å². The molecule has 15 heavy (non-hydrogen) atoms. The van der Waals surface area contributed by atoms with Crippen molar-refractivity contribution in [3.05, 3.63) is 16.4 Å². The fraction of sp³-hybridized carbons (Fsp3) is 0.700. The van der Waals surface area contributed by atoms with Gasteiger partial charge in [0, 0.05) is 19.6 Å². The lowest BCUT2D eigenvalue weighted by Crippen LogP contribution is -2.38. The molecular formula is C10H16BrN3O. The lowest BCUT2D eigenvalue weighted by atomic mass is 10.0. The zero-order chi connectivity index (χ0) is 11.1. The van der Waals surface area contributed by atoms with E-state index in [0.29, 0.717) is 12.6 Å². The zero-order valence-electron chi connectivity index (χ0n) is 9.00. The molecule has 0 amide bonds. The third-order valence-corrected chi connectivity index (χ3v) is 3.30. The molecule has 1 atom stereocenters. The zero-order valence-corrected chi connectivity index (χ0v) is 10.6. The van der Waals surface area contributed by atoms with Crippen molar-refractivity contribution in [3.63, 3.8) is 0 Å². The highest BCUT2D eigenvalue weighted by atomic mass is 79.9. The van der Waals surface area contributed by atoms with E-state index in [4.69, 9.17) is 0 Å². The fourth-order valence-corrected chi connectivity index (χ4v) is 2.51. The second-order valence-electron chi connectivity index (χ2n) is 4.39. The van der Waals surface area contributed by atoms with E-state index in [9.17, 15) is 5.11 Å². The van der Waals surface area contributed by atoms with Crippen molar-refractivity contribution >= 4 is 15.9 Å². The van der Waals surface area contributed by atoms with Crippen LogP contribution in [0.15, 0.2) is 10.7 Å². The van der Waals surface area contributed by atoms with E-state index >= 15 is 0 Å². The first-order chi connectivity index (χ1) is 7.00. The van der Waals surface area contributed by atoms with Gasteiger partial charge in [0.1, 0.15) is 5.60 Å². The maximum Gasteiger partial charge on any atom is 0.117 e. The maximum atomic E-state index is 10.4. The van der Waals surface area contributed by atoms with Crippen LogP contribution >= 0.6 is 15.9 Å². The van der Waals surface area contributed by atoms with Gasteiger partial charge in [-0.1, -0.05) is 0 Å². The third-order valence-electron chi connectivity index (χ3n) is 2.72. The van der Waals surface area contributed by atoms with Crippen LogP contribution in [-0.2, 0) is 12.6 Å². The molecule has 0 aliphatic heterocycles. The minimum absolute atomic E-state index is 0.565. The molecule has 0 saturated heterocycles. The molecule has 0 radical (unpaired) electrons. The van der Waals surface area contributed by atoms with Crippen LogP contribution in [0.3, 0.4) is 0 Å². The van der Waals surface area contributed by atoms with Gasteiger partial charge in [-0.15, -0.1) is 0 Å². The molecule has 2 N–H and O–H groups in total. The van der Waals surface area contributed by atoms with Gasteiger partial charge in [0.25, 0.3) is 0 Å².